The van der Waals surface area contributed by atoms with E-state index >= 15 is 0 Å². The predicted molar refractivity (Wildman–Crippen MR) is 170 cm³/mol. The van der Waals surface area contributed by atoms with Crippen molar-refractivity contribution in [3.8, 4) is 0 Å². The van der Waals surface area contributed by atoms with Crippen LogP contribution in [0, 0.1) is 0 Å². The van der Waals surface area contributed by atoms with Crippen LogP contribution in [0.3, 0.4) is 0 Å². The third kappa shape index (κ3) is 6.79. The second-order valence-corrected chi connectivity index (χ2v) is 13.2. The number of benzene rings is 3. The molecule has 2 aliphatic heterocycles. The molecule has 0 radical (unpaired) electrons. The number of halogens is 4. The average molecular weight is 640 g/mol. The fourth-order valence-corrected chi connectivity index (χ4v) is 7.98. The van der Waals surface area contributed by atoms with E-state index in [4.69, 9.17) is 11.6 Å². The van der Waals surface area contributed by atoms with E-state index in [9.17, 15) is 22.8 Å². The summed E-state index contributed by atoms with van der Waals surface area (Å²) in [4.78, 5) is 33.3. The minimum Gasteiger partial charge on any atom is -0.368 e. The number of piperazine rings is 1. The van der Waals surface area contributed by atoms with E-state index in [0.717, 1.165) is 48.9 Å². The monoisotopic (exact) mass is 639 g/mol. The van der Waals surface area contributed by atoms with Crippen LogP contribution in [-0.4, -0.2) is 59.1 Å². The summed E-state index contributed by atoms with van der Waals surface area (Å²) in [5.41, 5.74) is 2.23. The number of carbonyl (C=O) groups is 2. The smallest absolute Gasteiger partial charge is 0.368 e. The van der Waals surface area contributed by atoms with Gasteiger partial charge in [-0.2, -0.15) is 13.2 Å². The number of rotatable bonds is 5. The molecule has 230 valence electrons. The Morgan fingerprint density at radius 1 is 0.932 bits per heavy atom. The van der Waals surface area contributed by atoms with Crippen molar-refractivity contribution in [1.29, 1.82) is 0 Å². The topological polar surface area (TPSA) is 43.9 Å². The van der Waals surface area contributed by atoms with E-state index in [2.05, 4.69) is 0 Å². The summed E-state index contributed by atoms with van der Waals surface area (Å²) in [5, 5.41) is 1.01. The summed E-state index contributed by atoms with van der Waals surface area (Å²) in [6.45, 7) is 2.25. The van der Waals surface area contributed by atoms with Crippen LogP contribution in [0.15, 0.2) is 77.7 Å². The fourth-order valence-electron chi connectivity index (χ4n) is 6.30. The Labute approximate surface area is 264 Å². The van der Waals surface area contributed by atoms with Gasteiger partial charge in [0.05, 0.1) is 10.5 Å². The number of anilines is 1. The maximum Gasteiger partial charge on any atom is 0.416 e. The highest BCUT2D eigenvalue weighted by Gasteiger charge is 2.40. The first kappa shape index (κ1) is 30.6. The molecule has 6 rings (SSSR count). The number of hydrogen-bond acceptors (Lipinski definition) is 4. The number of alkyl halides is 3. The molecule has 3 aromatic carbocycles. The van der Waals surface area contributed by atoms with E-state index in [0.29, 0.717) is 59.2 Å². The number of fused-ring (bicyclic) bond motifs is 1. The van der Waals surface area contributed by atoms with E-state index < -0.39 is 11.7 Å². The predicted octanol–water partition coefficient (Wildman–Crippen LogP) is 7.75. The minimum atomic E-state index is -4.40. The van der Waals surface area contributed by atoms with E-state index in [1.165, 1.54) is 6.07 Å². The van der Waals surface area contributed by atoms with Gasteiger partial charge in [0.25, 0.3) is 11.8 Å². The molecule has 0 bridgehead atoms. The summed E-state index contributed by atoms with van der Waals surface area (Å²) < 4.78 is 39.4. The first-order valence-electron chi connectivity index (χ1n) is 14.9. The molecule has 1 saturated carbocycles. The lowest BCUT2D eigenvalue weighted by atomic mass is 9.92. The quantitative estimate of drug-likeness (QED) is 0.268. The van der Waals surface area contributed by atoms with Gasteiger partial charge in [0.15, 0.2) is 0 Å². The van der Waals surface area contributed by atoms with Crippen LogP contribution in [0.5, 0.6) is 0 Å². The van der Waals surface area contributed by atoms with Crippen LogP contribution in [0.4, 0.5) is 18.9 Å². The zero-order valence-corrected chi connectivity index (χ0v) is 25.7. The highest BCUT2D eigenvalue weighted by atomic mass is 35.5. The molecule has 2 heterocycles. The number of carbonyl (C=O) groups excluding carboxylic acids is 2. The molecule has 10 heteroatoms. The van der Waals surface area contributed by atoms with Crippen LogP contribution < -0.4 is 4.90 Å². The lowest BCUT2D eigenvalue weighted by molar-refractivity contribution is -0.137. The van der Waals surface area contributed by atoms with Gasteiger partial charge in [-0.05, 0) is 72.5 Å². The maximum atomic E-state index is 13.7. The molecule has 2 amide bonds. The van der Waals surface area contributed by atoms with Crippen molar-refractivity contribution in [2.75, 3.05) is 31.1 Å². The fraction of sp³-hybridized carbons (Fsp3) is 0.353. The normalized spacial score (nSPS) is 21.9. The van der Waals surface area contributed by atoms with Gasteiger partial charge in [0, 0.05) is 60.3 Å². The Bertz CT molecular complexity index is 1550. The van der Waals surface area contributed by atoms with Crippen molar-refractivity contribution >= 4 is 46.9 Å². The molecule has 0 N–H and O–H groups in total. The molecule has 3 aliphatic rings. The van der Waals surface area contributed by atoms with Crippen molar-refractivity contribution in [3.05, 3.63) is 105 Å². The number of amides is 2. The maximum absolute atomic E-state index is 13.7. The van der Waals surface area contributed by atoms with Gasteiger partial charge < -0.3 is 14.7 Å². The van der Waals surface area contributed by atoms with E-state index in [1.807, 2.05) is 52.3 Å². The number of nitrogens with zero attached hydrogens (tertiary/aromatic N) is 3. The first-order valence-corrected chi connectivity index (χ1v) is 16.2. The Kier molecular flexibility index (Phi) is 8.96. The summed E-state index contributed by atoms with van der Waals surface area (Å²) >= 11 is 7.90. The SMILES string of the molecule is O=C(c1ccc(/C=C2/SC3CCCCC3N(Cc3cccc(Cl)c3)C2=O)cc1)N1CCN(c2cccc(C(F)(F)F)c2)CC1. The van der Waals surface area contributed by atoms with Gasteiger partial charge in [-0.3, -0.25) is 9.59 Å². The second kappa shape index (κ2) is 12.9. The van der Waals surface area contributed by atoms with Crippen molar-refractivity contribution in [2.24, 2.45) is 0 Å². The highest BCUT2D eigenvalue weighted by Crippen LogP contribution is 2.43. The molecule has 0 aromatic heterocycles. The number of thioether (sulfide) groups is 1. The highest BCUT2D eigenvalue weighted by molar-refractivity contribution is 8.04. The molecule has 2 atom stereocenters. The lowest BCUT2D eigenvalue weighted by Crippen LogP contribution is -2.50. The van der Waals surface area contributed by atoms with Crippen molar-refractivity contribution in [1.82, 2.24) is 9.80 Å². The molecular weight excluding hydrogens is 607 g/mol. The first-order chi connectivity index (χ1) is 21.2. The molecule has 1 aliphatic carbocycles. The van der Waals surface area contributed by atoms with Gasteiger partial charge in [-0.15, -0.1) is 11.8 Å². The Balaban J connectivity index is 1.12. The van der Waals surface area contributed by atoms with Crippen molar-refractivity contribution in [3.63, 3.8) is 0 Å². The zero-order chi connectivity index (χ0) is 30.8. The largest absolute Gasteiger partial charge is 0.416 e. The van der Waals surface area contributed by atoms with Crippen LogP contribution in [0.25, 0.3) is 6.08 Å². The van der Waals surface area contributed by atoms with Crippen molar-refractivity contribution in [2.45, 2.75) is 49.7 Å². The van der Waals surface area contributed by atoms with Gasteiger partial charge in [0.2, 0.25) is 0 Å². The summed E-state index contributed by atoms with van der Waals surface area (Å²) in [6.07, 6.45) is 1.88. The van der Waals surface area contributed by atoms with Gasteiger partial charge in [-0.1, -0.05) is 54.8 Å². The van der Waals surface area contributed by atoms with Gasteiger partial charge >= 0.3 is 6.18 Å². The molecule has 2 saturated heterocycles. The molecule has 2 unspecified atom stereocenters. The molecule has 0 spiro atoms. The standard InChI is InChI=1S/C34H33ClF3N3O2S/c35-27-7-3-5-24(19-27)22-41-29-9-1-2-10-30(29)44-31(33(41)43)20-23-11-13-25(14-12-23)32(42)40-17-15-39(16-18-40)28-8-4-6-26(21-28)34(36,37)38/h3-8,11-14,19-21,29-30H,1-2,9-10,15-18,22H2/b31-20+. The average Bonchev–Trinajstić information content (AvgIpc) is 3.03. The molecule has 3 fully saturated rings. The third-order valence-electron chi connectivity index (χ3n) is 8.62. The van der Waals surface area contributed by atoms with Gasteiger partial charge in [-0.25, -0.2) is 0 Å². The van der Waals surface area contributed by atoms with Crippen LogP contribution >= 0.6 is 23.4 Å². The van der Waals surface area contributed by atoms with Crippen LogP contribution in [0.1, 0.15) is 52.7 Å². The third-order valence-corrected chi connectivity index (χ3v) is 10.3. The molecule has 5 nitrogen and oxygen atoms in total. The minimum absolute atomic E-state index is 0.0249. The Hall–Kier alpha value is -3.43. The Morgan fingerprint density at radius 3 is 2.39 bits per heavy atom. The van der Waals surface area contributed by atoms with Crippen LogP contribution in [0.2, 0.25) is 5.02 Å². The second-order valence-electron chi connectivity index (χ2n) is 11.5. The van der Waals surface area contributed by atoms with E-state index in [-0.39, 0.29) is 17.9 Å². The number of hydrogen-bond donors (Lipinski definition) is 0. The molecule has 44 heavy (non-hydrogen) atoms. The van der Waals surface area contributed by atoms with Crippen LogP contribution in [-0.2, 0) is 17.5 Å². The summed E-state index contributed by atoms with van der Waals surface area (Å²) in [6, 6.07) is 20.4. The zero-order valence-electron chi connectivity index (χ0n) is 24.1. The van der Waals surface area contributed by atoms with E-state index in [1.54, 1.807) is 34.9 Å². The Morgan fingerprint density at radius 2 is 1.66 bits per heavy atom. The summed E-state index contributed by atoms with van der Waals surface area (Å²) in [7, 11) is 0. The lowest BCUT2D eigenvalue weighted by Gasteiger charge is -2.44. The molecule has 3 aromatic rings. The van der Waals surface area contributed by atoms with Crippen molar-refractivity contribution < 1.29 is 22.8 Å². The summed E-state index contributed by atoms with van der Waals surface area (Å²) in [5.74, 6) is -0.0920. The van der Waals surface area contributed by atoms with Gasteiger partial charge in [0.1, 0.15) is 0 Å². The molecular formula is C34H33ClF3N3O2S.